The van der Waals surface area contributed by atoms with Crippen LogP contribution in [0.3, 0.4) is 0 Å². The van der Waals surface area contributed by atoms with E-state index in [-0.39, 0.29) is 0 Å². The van der Waals surface area contributed by atoms with Crippen molar-refractivity contribution < 1.29 is 0 Å². The predicted molar refractivity (Wildman–Crippen MR) is 154 cm³/mol. The summed E-state index contributed by atoms with van der Waals surface area (Å²) in [5.74, 6) is 6.99. The second kappa shape index (κ2) is 8.78. The molecule has 0 spiro atoms. The lowest BCUT2D eigenvalue weighted by Crippen LogP contribution is -2.75. The van der Waals surface area contributed by atoms with Gasteiger partial charge in [0.2, 0.25) is 0 Å². The van der Waals surface area contributed by atoms with Gasteiger partial charge in [-0.2, -0.15) is 11.1 Å². The van der Waals surface area contributed by atoms with E-state index in [2.05, 4.69) is 62.3 Å². The zero-order chi connectivity index (χ0) is 25.2. The van der Waals surface area contributed by atoms with Crippen molar-refractivity contribution in [3.8, 4) is 0 Å². The zero-order valence-electron chi connectivity index (χ0n) is 23.4. The summed E-state index contributed by atoms with van der Waals surface area (Å²) in [6.45, 7) is 0.907. The zero-order valence-corrected chi connectivity index (χ0v) is 23.4. The highest BCUT2D eigenvalue weighted by Gasteiger charge is 2.71. The maximum Gasteiger partial charge on any atom is 0.158 e. The van der Waals surface area contributed by atoms with Crippen molar-refractivity contribution in [2.75, 3.05) is 0 Å². The SMILES string of the molecule is c1ccc(C2CC3C4B(C5C6CCCCC6CC6NNN3C65)C3C5CCCCC5CC5NNN(C4C2)C53)cc1. The van der Waals surface area contributed by atoms with Gasteiger partial charge in [-0.25, -0.2) is 20.9 Å². The third-order valence-electron chi connectivity index (χ3n) is 14.3. The fraction of sp³-hybridized carbons (Fsp3) is 0.812. The fourth-order valence-corrected chi connectivity index (χ4v) is 13.3. The van der Waals surface area contributed by atoms with Crippen LogP contribution in [-0.2, 0) is 0 Å². The van der Waals surface area contributed by atoms with Crippen LogP contribution in [0.1, 0.15) is 88.5 Å². The first-order valence-electron chi connectivity index (χ1n) is 17.0. The quantitative estimate of drug-likeness (QED) is 0.405. The topological polar surface area (TPSA) is 54.6 Å². The van der Waals surface area contributed by atoms with E-state index in [9.17, 15) is 0 Å². The number of hydrogen-bond donors (Lipinski definition) is 4. The molecule has 4 heterocycles. The second-order valence-corrected chi connectivity index (χ2v) is 15.4. The minimum absolute atomic E-state index is 0.628. The second-order valence-electron chi connectivity index (χ2n) is 15.4. The normalized spacial score (nSPS) is 53.8. The lowest BCUT2D eigenvalue weighted by atomic mass is 9.15. The Balaban J connectivity index is 1.14. The van der Waals surface area contributed by atoms with Crippen LogP contribution in [0.4, 0.5) is 0 Å². The molecule has 5 aliphatic carbocycles. The van der Waals surface area contributed by atoms with Gasteiger partial charge < -0.3 is 0 Å². The highest BCUT2D eigenvalue weighted by molar-refractivity contribution is 6.65. The van der Waals surface area contributed by atoms with Gasteiger partial charge in [0, 0.05) is 36.3 Å². The van der Waals surface area contributed by atoms with E-state index in [0.717, 1.165) is 47.8 Å². The van der Waals surface area contributed by atoms with Crippen molar-refractivity contribution in [2.45, 2.75) is 137 Å². The van der Waals surface area contributed by atoms with Crippen LogP contribution in [-0.4, -0.2) is 53.0 Å². The van der Waals surface area contributed by atoms with Gasteiger partial charge in [-0.05, 0) is 78.3 Å². The van der Waals surface area contributed by atoms with Crippen LogP contribution >= 0.6 is 0 Å². The van der Waals surface area contributed by atoms with Crippen molar-refractivity contribution in [1.29, 1.82) is 0 Å². The fourth-order valence-electron chi connectivity index (χ4n) is 13.3. The van der Waals surface area contributed by atoms with E-state index in [1.165, 1.54) is 77.0 Å². The molecule has 1 aromatic rings. The molecule has 4 saturated heterocycles. The van der Waals surface area contributed by atoms with Gasteiger partial charge in [-0.3, -0.25) is 0 Å². The third kappa shape index (κ3) is 3.21. The molecule has 0 aromatic heterocycles. The monoisotopic (exact) mass is 526 g/mol. The van der Waals surface area contributed by atoms with Crippen LogP contribution in [0.2, 0.25) is 17.5 Å². The largest absolute Gasteiger partial charge is 0.239 e. The summed E-state index contributed by atoms with van der Waals surface area (Å²) >= 11 is 0. The Morgan fingerprint density at radius 2 is 1.15 bits per heavy atom. The first-order chi connectivity index (χ1) is 19.3. The number of hydrazine groups is 4. The molecule has 208 valence electrons. The molecule has 4 aliphatic heterocycles. The standard InChI is InChI=1S/C32H47BN6/c1-2-8-18(9-3-1)21-16-26-30-27(17-21)39-32-25(35-37-39)15-20-11-5-7-13-23(20)29(32)33(30)28-22-12-6-4-10-19(22)14-24-31(28)38(26)36-34-24/h1-3,8-9,19-32,34-37H,4-7,10-17H2. The van der Waals surface area contributed by atoms with Gasteiger partial charge >= 0.3 is 0 Å². The Labute approximate surface area is 234 Å². The number of hydrogen-bond acceptors (Lipinski definition) is 6. The molecular formula is C32H47BN6. The summed E-state index contributed by atoms with van der Waals surface area (Å²) in [5, 5.41) is 5.71. The molecular weight excluding hydrogens is 479 g/mol. The molecule has 9 fully saturated rings. The molecule has 4 N–H and O–H groups in total. The Kier molecular flexibility index (Phi) is 5.31. The Morgan fingerprint density at radius 3 is 1.72 bits per heavy atom. The molecule has 5 saturated carbocycles. The number of benzene rings is 1. The van der Waals surface area contributed by atoms with Gasteiger partial charge in [-0.15, -0.1) is 0 Å². The van der Waals surface area contributed by atoms with Crippen LogP contribution < -0.4 is 21.9 Å². The van der Waals surface area contributed by atoms with E-state index < -0.39 is 0 Å². The number of nitrogens with one attached hydrogen (secondary N) is 4. The maximum atomic E-state index is 3.93. The van der Waals surface area contributed by atoms with Crippen molar-refractivity contribution in [1.82, 2.24) is 31.9 Å². The van der Waals surface area contributed by atoms with Gasteiger partial charge in [-0.1, -0.05) is 81.7 Å². The van der Waals surface area contributed by atoms with Crippen molar-refractivity contribution in [2.24, 2.45) is 23.7 Å². The van der Waals surface area contributed by atoms with Crippen LogP contribution in [0.25, 0.3) is 0 Å². The highest BCUT2D eigenvalue weighted by atomic mass is 15.8. The minimum atomic E-state index is 0.628. The summed E-state index contributed by atoms with van der Waals surface area (Å²) in [4.78, 5) is 0. The summed E-state index contributed by atoms with van der Waals surface area (Å²) in [5.41, 5.74) is 17.2. The van der Waals surface area contributed by atoms with Crippen LogP contribution in [0.5, 0.6) is 0 Å². The Bertz CT molecular complexity index is 1040. The predicted octanol–water partition coefficient (Wildman–Crippen LogP) is 4.48. The number of nitrogens with zero attached hydrogens (tertiary/aromatic N) is 2. The molecule has 6 nitrogen and oxygen atoms in total. The molecule has 1 aromatic carbocycles. The summed E-state index contributed by atoms with van der Waals surface area (Å²) in [7, 11) is 0. The van der Waals surface area contributed by atoms with E-state index >= 15 is 0 Å². The first-order valence-corrected chi connectivity index (χ1v) is 17.0. The summed E-state index contributed by atoms with van der Waals surface area (Å²) in [6, 6.07) is 15.5. The Morgan fingerprint density at radius 1 is 0.615 bits per heavy atom. The van der Waals surface area contributed by atoms with Crippen molar-refractivity contribution in [3.63, 3.8) is 0 Å². The van der Waals surface area contributed by atoms with E-state index in [4.69, 9.17) is 0 Å². The Hall–Kier alpha value is -0.955. The number of fused-ring (bicyclic) bond motifs is 8. The lowest BCUT2D eigenvalue weighted by Gasteiger charge is -2.68. The molecule has 0 bridgehead atoms. The third-order valence-corrected chi connectivity index (χ3v) is 14.3. The highest BCUT2D eigenvalue weighted by Crippen LogP contribution is 2.67. The van der Waals surface area contributed by atoms with Crippen molar-refractivity contribution in [3.05, 3.63) is 35.9 Å². The minimum Gasteiger partial charge on any atom is -0.239 e. The van der Waals surface area contributed by atoms with Crippen LogP contribution in [0.15, 0.2) is 30.3 Å². The maximum absolute atomic E-state index is 3.93. The van der Waals surface area contributed by atoms with Crippen LogP contribution in [0, 0.1) is 23.7 Å². The van der Waals surface area contributed by atoms with E-state index in [0.29, 0.717) is 42.2 Å². The average molecular weight is 527 g/mol. The van der Waals surface area contributed by atoms with Crippen molar-refractivity contribution >= 4 is 6.71 Å². The summed E-state index contributed by atoms with van der Waals surface area (Å²) < 4.78 is 0. The molecule has 12 atom stereocenters. The average Bonchev–Trinajstić information content (AvgIpc) is 3.61. The molecule has 10 rings (SSSR count). The van der Waals surface area contributed by atoms with Gasteiger partial charge in [0.15, 0.2) is 6.71 Å². The molecule has 0 amide bonds. The van der Waals surface area contributed by atoms with Gasteiger partial charge in [0.25, 0.3) is 0 Å². The smallest absolute Gasteiger partial charge is 0.158 e. The molecule has 9 aliphatic rings. The molecule has 0 radical (unpaired) electrons. The molecule has 7 heteroatoms. The lowest BCUT2D eigenvalue weighted by molar-refractivity contribution is -0.0473. The van der Waals surface area contributed by atoms with Gasteiger partial charge in [0.1, 0.15) is 0 Å². The molecule has 12 unspecified atom stereocenters. The summed E-state index contributed by atoms with van der Waals surface area (Å²) in [6.07, 6.45) is 17.3. The first kappa shape index (κ1) is 23.6. The van der Waals surface area contributed by atoms with E-state index in [1.54, 1.807) is 5.56 Å². The van der Waals surface area contributed by atoms with Gasteiger partial charge in [0.05, 0.1) is 0 Å². The number of rotatable bonds is 1. The molecule has 39 heavy (non-hydrogen) atoms. The van der Waals surface area contributed by atoms with E-state index in [1.807, 2.05) is 0 Å².